The second-order valence-corrected chi connectivity index (χ2v) is 4.55. The quantitative estimate of drug-likeness (QED) is 0.516. The van der Waals surface area contributed by atoms with Crippen molar-refractivity contribution < 1.29 is 19.2 Å². The van der Waals surface area contributed by atoms with E-state index in [4.69, 9.17) is 4.74 Å². The number of carbonyl (C=O) groups excluding carboxylic acids is 2. The van der Waals surface area contributed by atoms with Crippen LogP contribution in [-0.4, -0.2) is 23.2 Å². The molecule has 1 fully saturated rings. The summed E-state index contributed by atoms with van der Waals surface area (Å²) >= 11 is 0.738. The molecule has 0 radical (unpaired) electrons. The predicted molar refractivity (Wildman–Crippen MR) is 68.8 cm³/mol. The fraction of sp³-hybridized carbons (Fsp3) is 0.0909. The molecule has 1 N–H and O–H groups in total. The first-order valence-corrected chi connectivity index (χ1v) is 5.90. The molecule has 0 aliphatic carbocycles. The van der Waals surface area contributed by atoms with Gasteiger partial charge in [-0.25, -0.2) is 0 Å². The smallest absolute Gasteiger partial charge is 0.290 e. The third-order valence-corrected chi connectivity index (χ3v) is 3.16. The number of ether oxygens (including phenoxy) is 1. The molecule has 1 aromatic carbocycles. The first-order valence-electron chi connectivity index (χ1n) is 5.08. The van der Waals surface area contributed by atoms with Crippen LogP contribution in [0.3, 0.4) is 0 Å². The summed E-state index contributed by atoms with van der Waals surface area (Å²) < 4.78 is 5.06. The van der Waals surface area contributed by atoms with Gasteiger partial charge in [-0.05, 0) is 23.9 Å². The van der Waals surface area contributed by atoms with E-state index >= 15 is 0 Å². The minimum absolute atomic E-state index is 0.123. The Labute approximate surface area is 111 Å². The van der Waals surface area contributed by atoms with Crippen LogP contribution in [0.2, 0.25) is 0 Å². The van der Waals surface area contributed by atoms with Crippen LogP contribution in [0.25, 0.3) is 6.08 Å². The number of benzene rings is 1. The maximum Gasteiger partial charge on any atom is 0.290 e. The normalized spacial score (nSPS) is 16.6. The lowest BCUT2D eigenvalue weighted by atomic mass is 10.1. The van der Waals surface area contributed by atoms with E-state index in [0.717, 1.165) is 11.8 Å². The Kier molecular flexibility index (Phi) is 3.52. The second kappa shape index (κ2) is 5.11. The number of hydrogen-bond acceptors (Lipinski definition) is 6. The maximum absolute atomic E-state index is 11.4. The van der Waals surface area contributed by atoms with E-state index in [-0.39, 0.29) is 10.6 Å². The van der Waals surface area contributed by atoms with Crippen LogP contribution < -0.4 is 10.1 Å². The van der Waals surface area contributed by atoms with Crippen LogP contribution in [0.5, 0.6) is 5.75 Å². The Balaban J connectivity index is 2.45. The molecule has 0 bridgehead atoms. The van der Waals surface area contributed by atoms with E-state index in [2.05, 4.69) is 5.32 Å². The summed E-state index contributed by atoms with van der Waals surface area (Å²) in [6.07, 6.45) is 1.39. The zero-order chi connectivity index (χ0) is 14.0. The standard InChI is InChI=1S/C11H8N2O5S/c1-18-8-3-2-7(13(16)17)4-6(8)5-9-10(14)12-11(15)19-9/h2-5H,1H3,(H,12,14,15)/b9-5+. The number of non-ortho nitro benzene ring substituents is 1. The van der Waals surface area contributed by atoms with Crippen molar-refractivity contribution >= 4 is 34.7 Å². The van der Waals surface area contributed by atoms with Gasteiger partial charge in [0, 0.05) is 17.7 Å². The van der Waals surface area contributed by atoms with E-state index in [1.807, 2.05) is 0 Å². The van der Waals surface area contributed by atoms with Gasteiger partial charge in [0.1, 0.15) is 5.75 Å². The van der Waals surface area contributed by atoms with Gasteiger partial charge in [-0.1, -0.05) is 0 Å². The average Bonchev–Trinajstić information content (AvgIpc) is 2.67. The van der Waals surface area contributed by atoms with Crippen molar-refractivity contribution in [3.05, 3.63) is 38.8 Å². The Bertz CT molecular complexity index is 611. The van der Waals surface area contributed by atoms with Crippen molar-refractivity contribution in [1.29, 1.82) is 0 Å². The third-order valence-electron chi connectivity index (χ3n) is 2.35. The number of imide groups is 1. The molecule has 1 aromatic rings. The highest BCUT2D eigenvalue weighted by Gasteiger charge is 2.25. The molecule has 0 saturated carbocycles. The maximum atomic E-state index is 11.4. The molecule has 2 rings (SSSR count). The SMILES string of the molecule is COc1ccc([N+](=O)[O-])cc1/C=C1/SC(=O)NC1=O. The van der Waals surface area contributed by atoms with Crippen LogP contribution in [0, 0.1) is 10.1 Å². The van der Waals surface area contributed by atoms with Crippen molar-refractivity contribution in [2.75, 3.05) is 7.11 Å². The molecule has 0 aromatic heterocycles. The number of carbonyl (C=O) groups is 2. The molecule has 7 nitrogen and oxygen atoms in total. The predicted octanol–water partition coefficient (Wildman–Crippen LogP) is 1.93. The number of nitrogens with one attached hydrogen (secondary N) is 1. The van der Waals surface area contributed by atoms with E-state index in [1.165, 1.54) is 31.4 Å². The van der Waals surface area contributed by atoms with Crippen LogP contribution >= 0.6 is 11.8 Å². The van der Waals surface area contributed by atoms with Gasteiger partial charge < -0.3 is 4.74 Å². The summed E-state index contributed by atoms with van der Waals surface area (Å²) in [6, 6.07) is 4.01. The first-order chi connectivity index (χ1) is 9.01. The van der Waals surface area contributed by atoms with Crippen molar-refractivity contribution in [2.24, 2.45) is 0 Å². The van der Waals surface area contributed by atoms with Crippen molar-refractivity contribution in [2.45, 2.75) is 0 Å². The molecule has 19 heavy (non-hydrogen) atoms. The molecule has 2 amide bonds. The van der Waals surface area contributed by atoms with E-state index in [9.17, 15) is 19.7 Å². The van der Waals surface area contributed by atoms with Crippen LogP contribution in [0.15, 0.2) is 23.1 Å². The Morgan fingerprint density at radius 1 is 1.42 bits per heavy atom. The van der Waals surface area contributed by atoms with Gasteiger partial charge in [0.25, 0.3) is 16.8 Å². The van der Waals surface area contributed by atoms with E-state index in [1.54, 1.807) is 0 Å². The van der Waals surface area contributed by atoms with Gasteiger partial charge >= 0.3 is 0 Å². The second-order valence-electron chi connectivity index (χ2n) is 3.54. The molecule has 0 atom stereocenters. The number of thioether (sulfide) groups is 1. The summed E-state index contributed by atoms with van der Waals surface area (Å²) in [7, 11) is 1.41. The number of amides is 2. The Morgan fingerprint density at radius 2 is 2.16 bits per heavy atom. The molecule has 8 heteroatoms. The lowest BCUT2D eigenvalue weighted by molar-refractivity contribution is -0.384. The van der Waals surface area contributed by atoms with Crippen LogP contribution in [0.4, 0.5) is 10.5 Å². The summed E-state index contributed by atoms with van der Waals surface area (Å²) in [5.74, 6) is -0.144. The number of hydrogen-bond donors (Lipinski definition) is 1. The fourth-order valence-corrected chi connectivity index (χ4v) is 2.18. The number of rotatable bonds is 3. The summed E-state index contributed by atoms with van der Waals surface area (Å²) in [6.45, 7) is 0. The molecule has 0 spiro atoms. The van der Waals surface area contributed by atoms with Crippen molar-refractivity contribution in [3.8, 4) is 5.75 Å². The minimum atomic E-state index is -0.547. The van der Waals surface area contributed by atoms with Crippen LogP contribution in [0.1, 0.15) is 5.56 Å². The van der Waals surface area contributed by atoms with Gasteiger partial charge in [-0.2, -0.15) is 0 Å². The molecule has 1 saturated heterocycles. The highest BCUT2D eigenvalue weighted by molar-refractivity contribution is 8.18. The zero-order valence-electron chi connectivity index (χ0n) is 9.71. The molecule has 1 aliphatic heterocycles. The van der Waals surface area contributed by atoms with E-state index in [0.29, 0.717) is 11.3 Å². The average molecular weight is 280 g/mol. The van der Waals surface area contributed by atoms with Gasteiger partial charge in [0.2, 0.25) is 0 Å². The summed E-state index contributed by atoms with van der Waals surface area (Å²) in [5.41, 5.74) is 0.242. The summed E-state index contributed by atoms with van der Waals surface area (Å²) in [5, 5.41) is 12.3. The number of nitro benzene ring substituents is 1. The lowest BCUT2D eigenvalue weighted by Gasteiger charge is -2.04. The Morgan fingerprint density at radius 3 is 2.68 bits per heavy atom. The monoisotopic (exact) mass is 280 g/mol. The number of methoxy groups -OCH3 is 1. The zero-order valence-corrected chi connectivity index (χ0v) is 10.5. The van der Waals surface area contributed by atoms with Gasteiger partial charge in [0.15, 0.2) is 0 Å². The Hall–Kier alpha value is -2.35. The van der Waals surface area contributed by atoms with E-state index < -0.39 is 16.1 Å². The van der Waals surface area contributed by atoms with Gasteiger partial charge in [-0.15, -0.1) is 0 Å². The lowest BCUT2D eigenvalue weighted by Crippen LogP contribution is -2.17. The van der Waals surface area contributed by atoms with Gasteiger partial charge in [0.05, 0.1) is 16.9 Å². The van der Waals surface area contributed by atoms with Crippen LogP contribution in [-0.2, 0) is 4.79 Å². The molecule has 1 aliphatic rings. The third kappa shape index (κ3) is 2.74. The topological polar surface area (TPSA) is 98.5 Å². The largest absolute Gasteiger partial charge is 0.496 e. The molecular weight excluding hydrogens is 272 g/mol. The highest BCUT2D eigenvalue weighted by atomic mass is 32.2. The number of nitrogens with zero attached hydrogens (tertiary/aromatic N) is 1. The summed E-state index contributed by atoms with van der Waals surface area (Å²) in [4.78, 5) is 32.8. The molecule has 98 valence electrons. The first kappa shape index (κ1) is 13.1. The minimum Gasteiger partial charge on any atom is -0.496 e. The molecule has 0 unspecified atom stereocenters. The van der Waals surface area contributed by atoms with Gasteiger partial charge in [-0.3, -0.25) is 25.0 Å². The molecular formula is C11H8N2O5S. The van der Waals surface area contributed by atoms with Crippen molar-refractivity contribution in [3.63, 3.8) is 0 Å². The fourth-order valence-electron chi connectivity index (χ4n) is 1.51. The highest BCUT2D eigenvalue weighted by Crippen LogP contribution is 2.31. The molecule has 1 heterocycles. The number of nitro groups is 1. The van der Waals surface area contributed by atoms with Crippen molar-refractivity contribution in [1.82, 2.24) is 5.32 Å².